The Balaban J connectivity index is 1.38. The minimum atomic E-state index is -0.381. The molecule has 136 valence electrons. The number of amides is 3. The van der Waals surface area contributed by atoms with E-state index in [-0.39, 0.29) is 11.9 Å². The van der Waals surface area contributed by atoms with Crippen LogP contribution in [0.4, 0.5) is 16.2 Å². The number of urea groups is 1. The van der Waals surface area contributed by atoms with Crippen LogP contribution in [-0.2, 0) is 13.1 Å². The molecule has 0 saturated carbocycles. The number of aromatic nitrogens is 2. The lowest BCUT2D eigenvalue weighted by molar-refractivity contribution is 0.0816. The van der Waals surface area contributed by atoms with Crippen LogP contribution in [0.15, 0.2) is 60.9 Å². The Morgan fingerprint density at radius 3 is 2.70 bits per heavy atom. The van der Waals surface area contributed by atoms with Crippen molar-refractivity contribution >= 4 is 23.3 Å². The predicted molar refractivity (Wildman–Crippen MR) is 103 cm³/mol. The highest BCUT2D eigenvalue weighted by Crippen LogP contribution is 2.24. The Morgan fingerprint density at radius 1 is 1.11 bits per heavy atom. The zero-order chi connectivity index (χ0) is 18.8. The number of carbonyl (C=O) groups is 2. The van der Waals surface area contributed by atoms with Gasteiger partial charge < -0.3 is 15.5 Å². The molecule has 1 aromatic heterocycles. The highest BCUT2D eigenvalue weighted by Gasteiger charge is 2.24. The second-order valence-corrected chi connectivity index (χ2v) is 6.52. The third-order valence-corrected chi connectivity index (χ3v) is 4.43. The van der Waals surface area contributed by atoms with Crippen LogP contribution in [-0.4, -0.2) is 33.7 Å². The zero-order valence-corrected chi connectivity index (χ0v) is 14.8. The molecule has 0 atom stereocenters. The molecular weight excluding hydrogens is 342 g/mol. The Bertz CT molecular complexity index is 997. The van der Waals surface area contributed by atoms with Crippen molar-refractivity contribution in [1.29, 1.82) is 0 Å². The molecule has 27 heavy (non-hydrogen) atoms. The van der Waals surface area contributed by atoms with E-state index in [2.05, 4.69) is 15.7 Å². The topological polar surface area (TPSA) is 79.3 Å². The number of anilines is 2. The first kappa shape index (κ1) is 16.8. The largest absolute Gasteiger partial charge is 0.337 e. The highest BCUT2D eigenvalue weighted by atomic mass is 16.2. The van der Waals surface area contributed by atoms with Gasteiger partial charge in [0.15, 0.2) is 0 Å². The van der Waals surface area contributed by atoms with E-state index >= 15 is 0 Å². The summed E-state index contributed by atoms with van der Waals surface area (Å²) in [6, 6.07) is 15.0. The molecule has 0 saturated heterocycles. The summed E-state index contributed by atoms with van der Waals surface area (Å²) in [4.78, 5) is 26.0. The molecule has 0 radical (unpaired) electrons. The third-order valence-electron chi connectivity index (χ3n) is 4.43. The van der Waals surface area contributed by atoms with Gasteiger partial charge in [-0.25, -0.2) is 4.79 Å². The first-order valence-electron chi connectivity index (χ1n) is 8.61. The summed E-state index contributed by atoms with van der Waals surface area (Å²) in [7, 11) is 1.76. The molecule has 1 aliphatic rings. The molecule has 0 aliphatic carbocycles. The number of hydrogen-bond donors (Lipinski definition) is 2. The van der Waals surface area contributed by atoms with Gasteiger partial charge in [-0.1, -0.05) is 36.4 Å². The van der Waals surface area contributed by atoms with Crippen LogP contribution in [0.3, 0.4) is 0 Å². The molecule has 2 aromatic carbocycles. The van der Waals surface area contributed by atoms with Crippen molar-refractivity contribution in [3.8, 4) is 0 Å². The average Bonchev–Trinajstić information content (AvgIpc) is 3.20. The normalized spacial score (nSPS) is 12.8. The zero-order valence-electron chi connectivity index (χ0n) is 14.8. The fourth-order valence-corrected chi connectivity index (χ4v) is 3.10. The van der Waals surface area contributed by atoms with Gasteiger partial charge in [-0.05, 0) is 23.3 Å². The molecule has 0 bridgehead atoms. The van der Waals surface area contributed by atoms with Crippen LogP contribution in [0.2, 0.25) is 0 Å². The lowest BCUT2D eigenvalue weighted by Crippen LogP contribution is -2.19. The van der Waals surface area contributed by atoms with Crippen LogP contribution >= 0.6 is 0 Å². The van der Waals surface area contributed by atoms with Gasteiger partial charge >= 0.3 is 6.03 Å². The summed E-state index contributed by atoms with van der Waals surface area (Å²) >= 11 is 0. The summed E-state index contributed by atoms with van der Waals surface area (Å²) in [5.41, 5.74) is 3.90. The van der Waals surface area contributed by atoms with Crippen LogP contribution < -0.4 is 10.6 Å². The molecular formula is C20H19N5O2. The van der Waals surface area contributed by atoms with Gasteiger partial charge in [-0.15, -0.1) is 0 Å². The van der Waals surface area contributed by atoms with Crippen molar-refractivity contribution in [2.45, 2.75) is 13.1 Å². The lowest BCUT2D eigenvalue weighted by atomic mass is 10.1. The molecule has 2 heterocycles. The molecule has 0 fully saturated rings. The quantitative estimate of drug-likeness (QED) is 0.749. The van der Waals surface area contributed by atoms with E-state index in [0.717, 1.165) is 11.1 Å². The van der Waals surface area contributed by atoms with Crippen molar-refractivity contribution in [2.24, 2.45) is 0 Å². The summed E-state index contributed by atoms with van der Waals surface area (Å²) < 4.78 is 1.76. The van der Waals surface area contributed by atoms with Gasteiger partial charge in [0.25, 0.3) is 5.91 Å². The van der Waals surface area contributed by atoms with Gasteiger partial charge in [0.05, 0.1) is 18.4 Å². The van der Waals surface area contributed by atoms with Gasteiger partial charge in [0.1, 0.15) is 0 Å². The van der Waals surface area contributed by atoms with Crippen molar-refractivity contribution < 1.29 is 9.59 Å². The molecule has 7 nitrogen and oxygen atoms in total. The van der Waals surface area contributed by atoms with E-state index in [0.29, 0.717) is 30.0 Å². The summed E-state index contributed by atoms with van der Waals surface area (Å²) in [5, 5.41) is 9.77. The molecule has 2 N–H and O–H groups in total. The van der Waals surface area contributed by atoms with E-state index in [1.54, 1.807) is 41.2 Å². The maximum atomic E-state index is 12.2. The Hall–Kier alpha value is -3.61. The SMILES string of the molecule is CN1Cc2ccc(NC(=O)Nc3cnn(Cc4ccccc4)c3)cc2C1=O. The van der Waals surface area contributed by atoms with Crippen molar-refractivity contribution in [3.63, 3.8) is 0 Å². The van der Waals surface area contributed by atoms with Crippen molar-refractivity contribution in [3.05, 3.63) is 77.6 Å². The minimum absolute atomic E-state index is 0.0313. The van der Waals surface area contributed by atoms with Crippen molar-refractivity contribution in [1.82, 2.24) is 14.7 Å². The Labute approximate surface area is 156 Å². The molecule has 1 aliphatic heterocycles. The van der Waals surface area contributed by atoms with E-state index in [9.17, 15) is 9.59 Å². The maximum absolute atomic E-state index is 12.2. The molecule has 3 amide bonds. The van der Waals surface area contributed by atoms with E-state index < -0.39 is 0 Å². The second-order valence-electron chi connectivity index (χ2n) is 6.52. The number of rotatable bonds is 4. The number of fused-ring (bicyclic) bond motifs is 1. The minimum Gasteiger partial charge on any atom is -0.337 e. The van der Waals surface area contributed by atoms with E-state index in [1.807, 2.05) is 36.4 Å². The summed E-state index contributed by atoms with van der Waals surface area (Å²) in [6.07, 6.45) is 3.37. The number of hydrogen-bond acceptors (Lipinski definition) is 3. The molecule has 0 spiro atoms. The molecule has 4 rings (SSSR count). The fraction of sp³-hybridized carbons (Fsp3) is 0.150. The third kappa shape index (κ3) is 3.67. The fourth-order valence-electron chi connectivity index (χ4n) is 3.10. The number of carbonyl (C=O) groups excluding carboxylic acids is 2. The first-order chi connectivity index (χ1) is 13.1. The molecule has 0 unspecified atom stereocenters. The van der Waals surface area contributed by atoms with Gasteiger partial charge in [-0.2, -0.15) is 5.10 Å². The van der Waals surface area contributed by atoms with Crippen molar-refractivity contribution in [2.75, 3.05) is 17.7 Å². The number of nitrogens with zero attached hydrogens (tertiary/aromatic N) is 3. The average molecular weight is 361 g/mol. The Morgan fingerprint density at radius 2 is 1.89 bits per heavy atom. The Kier molecular flexibility index (Phi) is 4.33. The van der Waals surface area contributed by atoms with Gasteiger partial charge in [0.2, 0.25) is 0 Å². The standard InChI is InChI=1S/C20H19N5O2/c1-24-12-15-7-8-16(9-18(15)19(24)26)22-20(27)23-17-10-21-25(13-17)11-14-5-3-2-4-6-14/h2-10,13H,11-12H2,1H3,(H2,22,23,27). The number of benzene rings is 2. The summed E-state index contributed by atoms with van der Waals surface area (Å²) in [5.74, 6) is -0.0313. The smallest absolute Gasteiger partial charge is 0.323 e. The first-order valence-corrected chi connectivity index (χ1v) is 8.61. The van der Waals surface area contributed by atoms with Crippen LogP contribution in [0.5, 0.6) is 0 Å². The molecule has 7 heteroatoms. The second kappa shape index (κ2) is 6.95. The van der Waals surface area contributed by atoms with Crippen LogP contribution in [0, 0.1) is 0 Å². The highest BCUT2D eigenvalue weighted by molar-refractivity contribution is 6.02. The van der Waals surface area contributed by atoms with Crippen LogP contribution in [0.25, 0.3) is 0 Å². The van der Waals surface area contributed by atoms with Gasteiger partial charge in [-0.3, -0.25) is 9.48 Å². The monoisotopic (exact) mass is 361 g/mol. The summed E-state index contributed by atoms with van der Waals surface area (Å²) in [6.45, 7) is 1.23. The van der Waals surface area contributed by atoms with Crippen LogP contribution in [0.1, 0.15) is 21.5 Å². The lowest BCUT2D eigenvalue weighted by Gasteiger charge is -2.07. The maximum Gasteiger partial charge on any atom is 0.323 e. The predicted octanol–water partition coefficient (Wildman–Crippen LogP) is 3.16. The number of nitrogens with one attached hydrogen (secondary N) is 2. The molecule has 3 aromatic rings. The van der Waals surface area contributed by atoms with E-state index in [1.165, 1.54) is 0 Å². The van der Waals surface area contributed by atoms with E-state index in [4.69, 9.17) is 0 Å². The van der Waals surface area contributed by atoms with Gasteiger partial charge in [0, 0.05) is 31.0 Å².